The highest BCUT2D eigenvalue weighted by Crippen LogP contribution is 2.19. The van der Waals surface area contributed by atoms with Gasteiger partial charge in [-0.1, -0.05) is 0 Å². The monoisotopic (exact) mass is 237 g/mol. The zero-order valence-corrected chi connectivity index (χ0v) is 8.36. The van der Waals surface area contributed by atoms with E-state index in [1.807, 2.05) is 0 Å². The van der Waals surface area contributed by atoms with Gasteiger partial charge in [0.25, 0.3) is 0 Å². The van der Waals surface area contributed by atoms with Crippen LogP contribution in [0, 0.1) is 0 Å². The third kappa shape index (κ3) is 3.54. The van der Waals surface area contributed by atoms with Gasteiger partial charge in [-0.15, -0.1) is 0 Å². The normalized spacial score (nSPS) is 15.6. The zero-order valence-electron chi connectivity index (χ0n) is 8.36. The van der Waals surface area contributed by atoms with Gasteiger partial charge in [0.05, 0.1) is 6.54 Å². The van der Waals surface area contributed by atoms with Gasteiger partial charge in [0, 0.05) is 12.4 Å². The lowest BCUT2D eigenvalue weighted by Crippen LogP contribution is -2.48. The van der Waals surface area contributed by atoms with Gasteiger partial charge in [-0.2, -0.15) is 18.3 Å². The Labute approximate surface area is 89.0 Å². The molecule has 1 atom stereocenters. The fourth-order valence-electron chi connectivity index (χ4n) is 1.02. The summed E-state index contributed by atoms with van der Waals surface area (Å²) in [5.41, 5.74) is 3.64. The van der Waals surface area contributed by atoms with Crippen LogP contribution in [0.2, 0.25) is 0 Å². The molecule has 5 nitrogen and oxygen atoms in total. The smallest absolute Gasteiger partial charge is 0.436 e. The third-order valence-corrected chi connectivity index (χ3v) is 1.59. The summed E-state index contributed by atoms with van der Waals surface area (Å²) in [4.78, 5) is 10.6. The van der Waals surface area contributed by atoms with Crippen LogP contribution in [0.1, 0.15) is 6.92 Å². The molecule has 0 saturated heterocycles. The van der Waals surface area contributed by atoms with E-state index in [0.29, 0.717) is 0 Å². The lowest BCUT2D eigenvalue weighted by atomic mass is 10.3. The highest BCUT2D eigenvalue weighted by molar-refractivity contribution is 5.76. The van der Waals surface area contributed by atoms with Crippen molar-refractivity contribution in [3.63, 3.8) is 0 Å². The molecule has 2 N–H and O–H groups in total. The molecular weight excluding hydrogens is 227 g/mol. The number of ether oxygens (including phenoxy) is 1. The van der Waals surface area contributed by atoms with E-state index < -0.39 is 17.9 Å². The van der Waals surface area contributed by atoms with E-state index in [1.165, 1.54) is 24.0 Å². The lowest BCUT2D eigenvalue weighted by Gasteiger charge is -2.25. The molecule has 16 heavy (non-hydrogen) atoms. The first-order valence-corrected chi connectivity index (χ1v) is 4.27. The molecule has 90 valence electrons. The number of aromatic nitrogens is 2. The summed E-state index contributed by atoms with van der Waals surface area (Å²) >= 11 is 0. The van der Waals surface area contributed by atoms with Crippen molar-refractivity contribution in [2.75, 3.05) is 0 Å². The molecule has 0 aliphatic heterocycles. The van der Waals surface area contributed by atoms with Crippen LogP contribution in [-0.2, 0) is 16.1 Å². The molecule has 1 aromatic heterocycles. The van der Waals surface area contributed by atoms with Crippen molar-refractivity contribution in [3.8, 4) is 0 Å². The molecule has 0 aromatic carbocycles. The van der Waals surface area contributed by atoms with Crippen LogP contribution in [0.4, 0.5) is 13.2 Å². The number of alkyl halides is 3. The van der Waals surface area contributed by atoms with E-state index in [0.717, 1.165) is 0 Å². The van der Waals surface area contributed by atoms with Gasteiger partial charge >= 0.3 is 12.1 Å². The molecule has 0 spiro atoms. The maximum absolute atomic E-state index is 11.9. The van der Waals surface area contributed by atoms with Crippen molar-refractivity contribution < 1.29 is 22.7 Å². The number of rotatable bonds is 3. The molecule has 0 radical (unpaired) electrons. The fraction of sp³-hybridized carbons (Fsp3) is 0.500. The summed E-state index contributed by atoms with van der Waals surface area (Å²) in [6.45, 7) is 1.00. The number of halogens is 3. The minimum Gasteiger partial charge on any atom is -0.436 e. The molecule has 1 rings (SSSR count). The maximum Gasteiger partial charge on any atom is 0.490 e. The molecule has 0 amide bonds. The third-order valence-electron chi connectivity index (χ3n) is 1.59. The van der Waals surface area contributed by atoms with Crippen molar-refractivity contribution in [2.45, 2.75) is 25.4 Å². The molecule has 1 heterocycles. The van der Waals surface area contributed by atoms with Crippen LogP contribution in [-0.4, -0.2) is 27.7 Å². The average molecular weight is 237 g/mol. The largest absolute Gasteiger partial charge is 0.490 e. The first-order valence-electron chi connectivity index (χ1n) is 4.27. The number of carbonyl (C=O) groups is 1. The van der Waals surface area contributed by atoms with Gasteiger partial charge in [0.15, 0.2) is 5.72 Å². The molecule has 0 fully saturated rings. The molecule has 0 aliphatic rings. The van der Waals surface area contributed by atoms with Gasteiger partial charge in [-0.05, 0) is 13.0 Å². The van der Waals surface area contributed by atoms with E-state index in [4.69, 9.17) is 5.73 Å². The Balaban J connectivity index is 2.62. The number of hydrogen-bond donors (Lipinski definition) is 1. The Morgan fingerprint density at radius 3 is 2.62 bits per heavy atom. The predicted molar refractivity (Wildman–Crippen MR) is 47.0 cm³/mol. The Bertz CT molecular complexity index is 359. The predicted octanol–water partition coefficient (Wildman–Crippen LogP) is 0.663. The van der Waals surface area contributed by atoms with Gasteiger partial charge in [0.2, 0.25) is 0 Å². The Morgan fingerprint density at radius 2 is 2.19 bits per heavy atom. The number of nitrogens with zero attached hydrogens (tertiary/aromatic N) is 2. The second-order valence-corrected chi connectivity index (χ2v) is 3.40. The second-order valence-electron chi connectivity index (χ2n) is 3.40. The van der Waals surface area contributed by atoms with Gasteiger partial charge < -0.3 is 4.74 Å². The zero-order chi connectivity index (χ0) is 12.4. The highest BCUT2D eigenvalue weighted by Gasteiger charge is 2.44. The van der Waals surface area contributed by atoms with Gasteiger partial charge in [0.1, 0.15) is 0 Å². The maximum atomic E-state index is 11.9. The minimum atomic E-state index is -5.05. The number of carbonyl (C=O) groups excluding carboxylic acids is 1. The lowest BCUT2D eigenvalue weighted by molar-refractivity contribution is -0.213. The highest BCUT2D eigenvalue weighted by atomic mass is 19.4. The van der Waals surface area contributed by atoms with Crippen LogP contribution in [0.15, 0.2) is 18.5 Å². The Morgan fingerprint density at radius 1 is 1.56 bits per heavy atom. The van der Waals surface area contributed by atoms with Crippen LogP contribution in [0.5, 0.6) is 0 Å². The summed E-state index contributed by atoms with van der Waals surface area (Å²) in [6.07, 6.45) is -2.13. The SMILES string of the molecule is CC(N)(Cn1cccn1)OC(=O)C(F)(F)F. The first kappa shape index (κ1) is 12.5. The molecular formula is C8H10F3N3O2. The average Bonchev–Trinajstić information content (AvgIpc) is 2.52. The Hall–Kier alpha value is -1.57. The van der Waals surface area contributed by atoms with E-state index in [2.05, 4.69) is 9.84 Å². The van der Waals surface area contributed by atoms with E-state index in [9.17, 15) is 18.0 Å². The standard InChI is InChI=1S/C8H10F3N3O2/c1-7(12,5-14-4-2-3-13-14)16-6(15)8(9,10)11/h2-4H,5,12H2,1H3. The van der Waals surface area contributed by atoms with Crippen molar-refractivity contribution >= 4 is 5.97 Å². The van der Waals surface area contributed by atoms with Crippen LogP contribution in [0.3, 0.4) is 0 Å². The van der Waals surface area contributed by atoms with E-state index >= 15 is 0 Å². The van der Waals surface area contributed by atoms with Crippen LogP contribution >= 0.6 is 0 Å². The summed E-state index contributed by atoms with van der Waals surface area (Å²) in [7, 11) is 0. The summed E-state index contributed by atoms with van der Waals surface area (Å²) in [6, 6.07) is 1.57. The molecule has 0 aliphatic carbocycles. The molecule has 0 bridgehead atoms. The van der Waals surface area contributed by atoms with Crippen molar-refractivity contribution in [3.05, 3.63) is 18.5 Å². The van der Waals surface area contributed by atoms with Gasteiger partial charge in [-0.25, -0.2) is 4.79 Å². The number of esters is 1. The van der Waals surface area contributed by atoms with Crippen molar-refractivity contribution in [1.29, 1.82) is 0 Å². The topological polar surface area (TPSA) is 70.1 Å². The first-order chi connectivity index (χ1) is 7.21. The summed E-state index contributed by atoms with van der Waals surface area (Å²) in [5.74, 6) is -2.32. The molecule has 8 heteroatoms. The number of hydrogen-bond acceptors (Lipinski definition) is 4. The molecule has 0 saturated carbocycles. The fourth-order valence-corrected chi connectivity index (χ4v) is 1.02. The van der Waals surface area contributed by atoms with Crippen LogP contribution < -0.4 is 5.73 Å². The Kier molecular flexibility index (Phi) is 3.22. The van der Waals surface area contributed by atoms with Gasteiger partial charge in [-0.3, -0.25) is 10.4 Å². The van der Waals surface area contributed by atoms with E-state index in [1.54, 1.807) is 6.07 Å². The minimum absolute atomic E-state index is 0.165. The number of nitrogens with two attached hydrogens (primary N) is 1. The van der Waals surface area contributed by atoms with Crippen LogP contribution in [0.25, 0.3) is 0 Å². The van der Waals surface area contributed by atoms with Crippen molar-refractivity contribution in [2.24, 2.45) is 5.73 Å². The van der Waals surface area contributed by atoms with E-state index in [-0.39, 0.29) is 6.54 Å². The van der Waals surface area contributed by atoms with Crippen molar-refractivity contribution in [1.82, 2.24) is 9.78 Å². The second kappa shape index (κ2) is 4.12. The quantitative estimate of drug-likeness (QED) is 0.619. The summed E-state index contributed by atoms with van der Waals surface area (Å²) < 4.78 is 41.1. The molecule has 1 unspecified atom stereocenters. The molecule has 1 aromatic rings. The summed E-state index contributed by atoms with van der Waals surface area (Å²) in [5, 5.41) is 3.74.